The lowest BCUT2D eigenvalue weighted by molar-refractivity contribution is -0.149. The molecule has 1 atom stereocenters. The van der Waals surface area contributed by atoms with E-state index in [9.17, 15) is 14.7 Å². The molecule has 1 unspecified atom stereocenters. The van der Waals surface area contributed by atoms with Crippen LogP contribution in [-0.4, -0.2) is 39.9 Å². The van der Waals surface area contributed by atoms with Crippen molar-refractivity contribution in [2.24, 2.45) is 0 Å². The van der Waals surface area contributed by atoms with Crippen LogP contribution in [0.5, 0.6) is 5.75 Å². The first-order valence-corrected chi connectivity index (χ1v) is 11.2. The van der Waals surface area contributed by atoms with Crippen molar-refractivity contribution in [3.63, 3.8) is 0 Å². The third kappa shape index (κ3) is 6.76. The van der Waals surface area contributed by atoms with Gasteiger partial charge in [-0.25, -0.2) is 9.78 Å². The summed E-state index contributed by atoms with van der Waals surface area (Å²) in [5, 5.41) is 9.23. The van der Waals surface area contributed by atoms with E-state index in [0.717, 1.165) is 23.4 Å². The van der Waals surface area contributed by atoms with Crippen molar-refractivity contribution in [1.82, 2.24) is 9.55 Å². The van der Waals surface area contributed by atoms with Gasteiger partial charge in [-0.15, -0.1) is 0 Å². The number of aliphatic carboxylic acids is 1. The number of nitrogens with zero attached hydrogens (tertiary/aromatic N) is 2. The zero-order chi connectivity index (χ0) is 23.6. The minimum absolute atomic E-state index is 0.0955. The topological polar surface area (TPSA) is 90.7 Å². The fraction of sp³-hybridized carbons (Fsp3) is 0.346. The lowest BCUT2D eigenvalue weighted by atomic mass is 10.1. The largest absolute Gasteiger partial charge is 0.492 e. The summed E-state index contributed by atoms with van der Waals surface area (Å²) < 4.78 is 12.8. The molecule has 174 valence electrons. The molecule has 0 aliphatic heterocycles. The number of rotatable bonds is 12. The van der Waals surface area contributed by atoms with E-state index in [1.54, 1.807) is 29.7 Å². The maximum Gasteiger partial charge on any atom is 0.333 e. The number of carboxylic acid groups (broad SMARTS) is 1. The maximum atomic E-state index is 12.8. The van der Waals surface area contributed by atoms with E-state index < -0.39 is 12.1 Å². The van der Waals surface area contributed by atoms with E-state index in [-0.39, 0.29) is 5.56 Å². The van der Waals surface area contributed by atoms with Crippen LogP contribution in [0.3, 0.4) is 0 Å². The molecule has 0 aliphatic rings. The Balaban J connectivity index is 1.65. The Morgan fingerprint density at radius 3 is 2.45 bits per heavy atom. The first-order chi connectivity index (χ1) is 16.0. The van der Waals surface area contributed by atoms with Gasteiger partial charge in [0.2, 0.25) is 0 Å². The lowest BCUT2D eigenvalue weighted by Gasteiger charge is -2.15. The van der Waals surface area contributed by atoms with Crippen LogP contribution >= 0.6 is 0 Å². The van der Waals surface area contributed by atoms with E-state index in [4.69, 9.17) is 14.5 Å². The number of carbonyl (C=O) groups is 1. The van der Waals surface area contributed by atoms with Crippen molar-refractivity contribution in [2.45, 2.75) is 45.8 Å². The summed E-state index contributed by atoms with van der Waals surface area (Å²) in [5.74, 6) is 0.428. The van der Waals surface area contributed by atoms with Crippen LogP contribution in [-0.2, 0) is 28.9 Å². The number of hydrogen-bond donors (Lipinski definition) is 1. The lowest BCUT2D eigenvalue weighted by Crippen LogP contribution is -2.27. The summed E-state index contributed by atoms with van der Waals surface area (Å²) in [6.07, 6.45) is 1.01. The minimum atomic E-state index is -0.975. The van der Waals surface area contributed by atoms with Gasteiger partial charge < -0.3 is 14.6 Å². The molecular weight excluding hydrogens is 420 g/mol. The van der Waals surface area contributed by atoms with Gasteiger partial charge in [-0.3, -0.25) is 9.36 Å². The molecule has 0 fully saturated rings. The van der Waals surface area contributed by atoms with Crippen molar-refractivity contribution >= 4 is 5.97 Å². The second-order valence-electron chi connectivity index (χ2n) is 7.64. The Kier molecular flexibility index (Phi) is 8.78. The number of aromatic nitrogens is 2. The Morgan fingerprint density at radius 2 is 1.82 bits per heavy atom. The Morgan fingerprint density at radius 1 is 1.09 bits per heavy atom. The molecule has 3 aromatic rings. The first-order valence-electron chi connectivity index (χ1n) is 11.2. The highest BCUT2D eigenvalue weighted by Crippen LogP contribution is 2.17. The number of benzene rings is 2. The van der Waals surface area contributed by atoms with Gasteiger partial charge in [0.15, 0.2) is 6.10 Å². The number of ether oxygens (including phenoxy) is 2. The molecule has 2 aromatic carbocycles. The third-order valence-corrected chi connectivity index (χ3v) is 5.20. The molecular formula is C26H30N2O5. The van der Waals surface area contributed by atoms with Gasteiger partial charge in [0, 0.05) is 31.1 Å². The SMILES string of the molecule is CCCc1nc(-c2ccccc2)cc(=O)n1CCOc1ccc(CC(OCC)C(=O)O)cc1. The summed E-state index contributed by atoms with van der Waals surface area (Å²) >= 11 is 0. The fourth-order valence-electron chi connectivity index (χ4n) is 3.57. The van der Waals surface area contributed by atoms with Gasteiger partial charge in [0.25, 0.3) is 5.56 Å². The second-order valence-corrected chi connectivity index (χ2v) is 7.64. The van der Waals surface area contributed by atoms with Crippen molar-refractivity contribution in [3.05, 3.63) is 82.4 Å². The van der Waals surface area contributed by atoms with Crippen LogP contribution in [0.2, 0.25) is 0 Å². The van der Waals surface area contributed by atoms with Crippen molar-refractivity contribution in [1.29, 1.82) is 0 Å². The van der Waals surface area contributed by atoms with Crippen molar-refractivity contribution in [3.8, 4) is 17.0 Å². The van der Waals surface area contributed by atoms with Crippen molar-refractivity contribution < 1.29 is 19.4 Å². The molecule has 1 N–H and O–H groups in total. The zero-order valence-electron chi connectivity index (χ0n) is 19.1. The van der Waals surface area contributed by atoms with Gasteiger partial charge >= 0.3 is 5.97 Å². The molecule has 7 heteroatoms. The van der Waals surface area contributed by atoms with Crippen LogP contribution in [0.1, 0.15) is 31.7 Å². The Labute approximate surface area is 193 Å². The standard InChI is InChI=1S/C26H30N2O5/c1-3-8-24-27-22(20-9-6-5-7-10-20)18-25(29)28(24)15-16-33-21-13-11-19(12-14-21)17-23(26(30)31)32-4-2/h5-7,9-14,18,23H,3-4,8,15-17H2,1-2H3,(H,30,31). The van der Waals surface area contributed by atoms with Crippen molar-refractivity contribution in [2.75, 3.05) is 13.2 Å². The molecule has 1 aromatic heterocycles. The average Bonchev–Trinajstić information content (AvgIpc) is 2.82. The van der Waals surface area contributed by atoms with Crippen LogP contribution < -0.4 is 10.3 Å². The second kappa shape index (κ2) is 12.0. The summed E-state index contributed by atoms with van der Waals surface area (Å²) in [5.41, 5.74) is 2.36. The molecule has 0 bridgehead atoms. The molecule has 0 radical (unpaired) electrons. The minimum Gasteiger partial charge on any atom is -0.492 e. The normalized spacial score (nSPS) is 11.8. The van der Waals surface area contributed by atoms with E-state index >= 15 is 0 Å². The van der Waals surface area contributed by atoms with Gasteiger partial charge in [0.1, 0.15) is 18.2 Å². The van der Waals surface area contributed by atoms with Gasteiger partial charge in [-0.2, -0.15) is 0 Å². The third-order valence-electron chi connectivity index (χ3n) is 5.20. The summed E-state index contributed by atoms with van der Waals surface area (Å²) in [6.45, 7) is 4.89. The van der Waals surface area contributed by atoms with E-state index in [1.807, 2.05) is 42.5 Å². The number of hydrogen-bond acceptors (Lipinski definition) is 5. The fourth-order valence-corrected chi connectivity index (χ4v) is 3.57. The highest BCUT2D eigenvalue weighted by Gasteiger charge is 2.18. The molecule has 7 nitrogen and oxygen atoms in total. The molecule has 0 amide bonds. The predicted molar refractivity (Wildman–Crippen MR) is 127 cm³/mol. The van der Waals surface area contributed by atoms with E-state index in [1.165, 1.54) is 0 Å². The maximum absolute atomic E-state index is 12.8. The number of aryl methyl sites for hydroxylation is 1. The predicted octanol–water partition coefficient (Wildman–Crippen LogP) is 3.97. The van der Waals surface area contributed by atoms with E-state index in [2.05, 4.69) is 6.92 Å². The highest BCUT2D eigenvalue weighted by atomic mass is 16.5. The number of carboxylic acids is 1. The molecule has 3 rings (SSSR count). The quantitative estimate of drug-likeness (QED) is 0.449. The molecule has 33 heavy (non-hydrogen) atoms. The highest BCUT2D eigenvalue weighted by molar-refractivity contribution is 5.72. The zero-order valence-corrected chi connectivity index (χ0v) is 19.1. The van der Waals surface area contributed by atoms with Crippen LogP contribution in [0.4, 0.5) is 0 Å². The van der Waals surface area contributed by atoms with Gasteiger partial charge in [0.05, 0.1) is 12.2 Å². The monoisotopic (exact) mass is 450 g/mol. The molecule has 0 saturated heterocycles. The summed E-state index contributed by atoms with van der Waals surface area (Å²) in [7, 11) is 0. The summed E-state index contributed by atoms with van der Waals surface area (Å²) in [6, 6.07) is 18.5. The van der Waals surface area contributed by atoms with E-state index in [0.29, 0.717) is 44.0 Å². The molecule has 0 spiro atoms. The van der Waals surface area contributed by atoms with Crippen LogP contribution in [0.15, 0.2) is 65.5 Å². The first kappa shape index (κ1) is 24.2. The van der Waals surface area contributed by atoms with Gasteiger partial charge in [-0.1, -0.05) is 49.4 Å². The Bertz CT molecular complexity index is 1090. The Hall–Kier alpha value is -3.45. The van der Waals surface area contributed by atoms with Gasteiger partial charge in [-0.05, 0) is 31.0 Å². The molecule has 1 heterocycles. The average molecular weight is 451 g/mol. The molecule has 0 aliphatic carbocycles. The smallest absolute Gasteiger partial charge is 0.333 e. The van der Waals surface area contributed by atoms with Crippen LogP contribution in [0.25, 0.3) is 11.3 Å². The summed E-state index contributed by atoms with van der Waals surface area (Å²) in [4.78, 5) is 28.8. The van der Waals surface area contributed by atoms with Crippen LogP contribution in [0, 0.1) is 0 Å². The molecule has 0 saturated carbocycles.